The quantitative estimate of drug-likeness (QED) is 0.681. The molecule has 1 aromatic rings. The van der Waals surface area contributed by atoms with Crippen LogP contribution in [0.5, 0.6) is 0 Å². The molecule has 98 valence electrons. The van der Waals surface area contributed by atoms with Gasteiger partial charge in [0.25, 0.3) is 0 Å². The molecule has 0 saturated heterocycles. The minimum Gasteiger partial charge on any atom is -0.126 e. The summed E-state index contributed by atoms with van der Waals surface area (Å²) < 4.78 is 0. The van der Waals surface area contributed by atoms with Crippen molar-refractivity contribution in [2.75, 3.05) is 5.88 Å². The maximum Gasteiger partial charge on any atom is 0.0285 e. The first-order valence-corrected chi connectivity index (χ1v) is 7.78. The van der Waals surface area contributed by atoms with Gasteiger partial charge in [0.1, 0.15) is 0 Å². The van der Waals surface area contributed by atoms with Crippen LogP contribution in [0.4, 0.5) is 0 Å². The van der Waals surface area contributed by atoms with Crippen molar-refractivity contribution < 1.29 is 0 Å². The molecule has 0 amide bonds. The standard InChI is InChI=1S/C17H23Cl/c1-12-5-13(2)7-15(6-12)10-17(11-18)9-14-3-4-16(17)8-14/h5-7,14,16H,3-4,8-11H2,1-2H3. The van der Waals surface area contributed by atoms with Crippen LogP contribution in [0.25, 0.3) is 0 Å². The second-order valence-corrected chi connectivity index (χ2v) is 7.02. The van der Waals surface area contributed by atoms with E-state index in [-0.39, 0.29) is 0 Å². The first-order chi connectivity index (χ1) is 8.61. The summed E-state index contributed by atoms with van der Waals surface area (Å²) in [5.74, 6) is 2.71. The highest BCUT2D eigenvalue weighted by atomic mass is 35.5. The Morgan fingerprint density at radius 1 is 1.17 bits per heavy atom. The van der Waals surface area contributed by atoms with E-state index in [0.717, 1.165) is 17.7 Å². The molecule has 2 aliphatic rings. The second-order valence-electron chi connectivity index (χ2n) is 6.75. The molecular weight excluding hydrogens is 240 g/mol. The summed E-state index contributed by atoms with van der Waals surface area (Å²) in [6, 6.07) is 6.97. The molecule has 2 aliphatic carbocycles. The Morgan fingerprint density at radius 2 is 1.89 bits per heavy atom. The molecule has 3 unspecified atom stereocenters. The van der Waals surface area contributed by atoms with E-state index in [1.807, 2.05) is 0 Å². The summed E-state index contributed by atoms with van der Waals surface area (Å²) in [6.45, 7) is 4.40. The Hall–Kier alpha value is -0.490. The highest BCUT2D eigenvalue weighted by Gasteiger charge is 2.50. The molecule has 3 rings (SSSR count). The lowest BCUT2D eigenvalue weighted by Gasteiger charge is -2.36. The number of hydrogen-bond acceptors (Lipinski definition) is 0. The van der Waals surface area contributed by atoms with E-state index in [1.165, 1.54) is 48.8 Å². The van der Waals surface area contributed by atoms with Crippen LogP contribution in [0, 0.1) is 31.1 Å². The zero-order valence-corrected chi connectivity index (χ0v) is 12.3. The molecule has 2 saturated carbocycles. The maximum absolute atomic E-state index is 6.39. The Kier molecular flexibility index (Phi) is 3.18. The number of benzene rings is 1. The van der Waals surface area contributed by atoms with E-state index in [2.05, 4.69) is 32.0 Å². The molecule has 2 fully saturated rings. The number of halogens is 1. The normalized spacial score (nSPS) is 34.2. The summed E-state index contributed by atoms with van der Waals surface area (Å²) in [6.07, 6.45) is 6.88. The van der Waals surface area contributed by atoms with E-state index in [0.29, 0.717) is 5.41 Å². The molecule has 0 nitrogen and oxygen atoms in total. The molecule has 0 aliphatic heterocycles. The van der Waals surface area contributed by atoms with Crippen molar-refractivity contribution in [2.24, 2.45) is 17.3 Å². The zero-order valence-electron chi connectivity index (χ0n) is 11.5. The van der Waals surface area contributed by atoms with E-state index in [1.54, 1.807) is 0 Å². The predicted molar refractivity (Wildman–Crippen MR) is 78.2 cm³/mol. The third-order valence-corrected chi connectivity index (χ3v) is 5.74. The van der Waals surface area contributed by atoms with Gasteiger partial charge in [0.2, 0.25) is 0 Å². The fourth-order valence-corrected chi connectivity index (χ4v) is 4.98. The van der Waals surface area contributed by atoms with Crippen molar-refractivity contribution in [3.63, 3.8) is 0 Å². The summed E-state index contributed by atoms with van der Waals surface area (Å²) in [5.41, 5.74) is 4.68. The van der Waals surface area contributed by atoms with E-state index >= 15 is 0 Å². The minimum absolute atomic E-state index is 0.407. The van der Waals surface area contributed by atoms with Crippen LogP contribution in [-0.2, 0) is 6.42 Å². The predicted octanol–water partition coefficient (Wildman–Crippen LogP) is 4.89. The fourth-order valence-electron chi connectivity index (χ4n) is 4.56. The number of fused-ring (bicyclic) bond motifs is 2. The van der Waals surface area contributed by atoms with Gasteiger partial charge in [-0.15, -0.1) is 11.6 Å². The monoisotopic (exact) mass is 262 g/mol. The van der Waals surface area contributed by atoms with Crippen LogP contribution in [0.1, 0.15) is 42.4 Å². The van der Waals surface area contributed by atoms with Crippen molar-refractivity contribution in [1.29, 1.82) is 0 Å². The van der Waals surface area contributed by atoms with E-state index < -0.39 is 0 Å². The average Bonchev–Trinajstić information content (AvgIpc) is 2.88. The second kappa shape index (κ2) is 4.56. The molecule has 0 spiro atoms. The average molecular weight is 263 g/mol. The van der Waals surface area contributed by atoms with E-state index in [9.17, 15) is 0 Å². The molecule has 0 heterocycles. The molecule has 0 N–H and O–H groups in total. The Labute approximate surface area is 116 Å². The maximum atomic E-state index is 6.39. The highest BCUT2D eigenvalue weighted by molar-refractivity contribution is 6.18. The highest BCUT2D eigenvalue weighted by Crippen LogP contribution is 2.57. The summed E-state index contributed by atoms with van der Waals surface area (Å²) in [5, 5.41) is 0. The number of aryl methyl sites for hydroxylation is 2. The summed E-state index contributed by atoms with van der Waals surface area (Å²) in [4.78, 5) is 0. The fraction of sp³-hybridized carbons (Fsp3) is 0.647. The molecule has 0 radical (unpaired) electrons. The number of alkyl halides is 1. The van der Waals surface area contributed by atoms with Crippen LogP contribution < -0.4 is 0 Å². The molecule has 2 bridgehead atoms. The Morgan fingerprint density at radius 3 is 2.39 bits per heavy atom. The molecule has 1 aromatic carbocycles. The van der Waals surface area contributed by atoms with Gasteiger partial charge in [-0.05, 0) is 62.3 Å². The molecule has 3 atom stereocenters. The van der Waals surface area contributed by atoms with Gasteiger partial charge < -0.3 is 0 Å². The third-order valence-electron chi connectivity index (χ3n) is 5.21. The van der Waals surface area contributed by atoms with Gasteiger partial charge in [0, 0.05) is 5.88 Å². The lowest BCUT2D eigenvalue weighted by molar-refractivity contribution is 0.193. The molecule has 0 aromatic heterocycles. The van der Waals surface area contributed by atoms with Gasteiger partial charge in [0.15, 0.2) is 0 Å². The van der Waals surface area contributed by atoms with Crippen LogP contribution in [-0.4, -0.2) is 5.88 Å². The number of rotatable bonds is 3. The smallest absolute Gasteiger partial charge is 0.0285 e. The van der Waals surface area contributed by atoms with Crippen LogP contribution >= 0.6 is 11.6 Å². The zero-order chi connectivity index (χ0) is 12.8. The third kappa shape index (κ3) is 2.09. The van der Waals surface area contributed by atoms with Gasteiger partial charge in [-0.25, -0.2) is 0 Å². The Bertz CT molecular complexity index is 431. The molecule has 1 heteroatoms. The van der Waals surface area contributed by atoms with Crippen LogP contribution in [0.2, 0.25) is 0 Å². The van der Waals surface area contributed by atoms with Crippen molar-refractivity contribution in [2.45, 2.75) is 46.0 Å². The van der Waals surface area contributed by atoms with Gasteiger partial charge >= 0.3 is 0 Å². The van der Waals surface area contributed by atoms with Crippen molar-refractivity contribution in [3.8, 4) is 0 Å². The molecule has 18 heavy (non-hydrogen) atoms. The first-order valence-electron chi connectivity index (χ1n) is 7.24. The lowest BCUT2D eigenvalue weighted by atomic mass is 9.70. The minimum atomic E-state index is 0.407. The van der Waals surface area contributed by atoms with E-state index in [4.69, 9.17) is 11.6 Å². The van der Waals surface area contributed by atoms with Gasteiger partial charge in [-0.3, -0.25) is 0 Å². The van der Waals surface area contributed by atoms with Gasteiger partial charge in [-0.2, -0.15) is 0 Å². The van der Waals surface area contributed by atoms with Crippen molar-refractivity contribution in [3.05, 3.63) is 34.9 Å². The Balaban J connectivity index is 1.86. The largest absolute Gasteiger partial charge is 0.126 e. The van der Waals surface area contributed by atoms with Gasteiger partial charge in [-0.1, -0.05) is 35.7 Å². The topological polar surface area (TPSA) is 0 Å². The van der Waals surface area contributed by atoms with Crippen LogP contribution in [0.3, 0.4) is 0 Å². The lowest BCUT2D eigenvalue weighted by Crippen LogP contribution is -2.32. The molecular formula is C17H23Cl. The van der Waals surface area contributed by atoms with Gasteiger partial charge in [0.05, 0.1) is 0 Å². The van der Waals surface area contributed by atoms with Crippen LogP contribution in [0.15, 0.2) is 18.2 Å². The SMILES string of the molecule is Cc1cc(C)cc(CC2(CCl)CC3CCC2C3)c1. The first kappa shape index (κ1) is 12.5. The number of hydrogen-bond donors (Lipinski definition) is 0. The summed E-state index contributed by atoms with van der Waals surface area (Å²) in [7, 11) is 0. The van der Waals surface area contributed by atoms with Crippen molar-refractivity contribution in [1.82, 2.24) is 0 Å². The summed E-state index contributed by atoms with van der Waals surface area (Å²) >= 11 is 6.39. The van der Waals surface area contributed by atoms with Crippen molar-refractivity contribution >= 4 is 11.6 Å².